The number of anilines is 1. The zero-order valence-electron chi connectivity index (χ0n) is 26.5. The van der Waals surface area contributed by atoms with Crippen LogP contribution in [-0.4, -0.2) is 68.0 Å². The summed E-state index contributed by atoms with van der Waals surface area (Å²) in [5.41, 5.74) is 3.15. The average Bonchev–Trinajstić information content (AvgIpc) is 3.95. The number of benzene rings is 1. The maximum absolute atomic E-state index is 14.4. The van der Waals surface area contributed by atoms with Gasteiger partial charge in [-0.05, 0) is 94.4 Å². The zero-order chi connectivity index (χ0) is 32.0. The van der Waals surface area contributed by atoms with Crippen LogP contribution in [0.3, 0.4) is 0 Å². The van der Waals surface area contributed by atoms with Gasteiger partial charge >= 0.3 is 6.09 Å². The summed E-state index contributed by atoms with van der Waals surface area (Å²) in [5.74, 6) is 1.59. The van der Waals surface area contributed by atoms with Gasteiger partial charge in [0.05, 0.1) is 23.9 Å². The highest BCUT2D eigenvalue weighted by Crippen LogP contribution is 2.67. The van der Waals surface area contributed by atoms with Crippen LogP contribution >= 0.6 is 11.6 Å². The molecule has 8 rings (SSSR count). The van der Waals surface area contributed by atoms with E-state index >= 15 is 0 Å². The summed E-state index contributed by atoms with van der Waals surface area (Å²) in [7, 11) is 0. The molecule has 3 fully saturated rings. The number of ether oxygens (including phenoxy) is 2. The molecule has 11 nitrogen and oxygen atoms in total. The summed E-state index contributed by atoms with van der Waals surface area (Å²) >= 11 is 6.60. The number of piperidine rings is 1. The SMILES string of the molecule is CC(C)(C)OC(=O)N1CCC2(CC1)c1c(n(CC(=O)Nc3ccc(C4CC4)cc3Cl)c3nc(C4=CCOCC4)nn3c1=O)C1CC12. The first-order chi connectivity index (χ1) is 22.0. The third-order valence-corrected chi connectivity index (χ3v) is 10.6. The first-order valence-corrected chi connectivity index (χ1v) is 16.8. The summed E-state index contributed by atoms with van der Waals surface area (Å²) in [4.78, 5) is 47.6. The maximum Gasteiger partial charge on any atom is 0.410 e. The van der Waals surface area contributed by atoms with E-state index in [2.05, 4.69) is 5.32 Å². The van der Waals surface area contributed by atoms with Gasteiger partial charge in [0.1, 0.15) is 12.1 Å². The standard InChI is InChI=1S/C34H39ClN6O5/c1-33(2,3)46-32(44)39-12-10-34(11-13-39)23-17-22(23)28-27(34)30(43)41-31(37-29(38-41)20-8-14-45-15-9-20)40(28)18-26(42)36-25-7-6-21(16-24(25)35)19-4-5-19/h6-8,16,19,22-23H,4-5,9-15,17-18H2,1-3H3,(H,36,42). The number of fused-ring (bicyclic) bond motifs is 6. The first kappa shape index (κ1) is 29.7. The van der Waals surface area contributed by atoms with E-state index in [9.17, 15) is 14.4 Å². The number of hydrogen-bond acceptors (Lipinski definition) is 7. The molecule has 1 aromatic carbocycles. The Morgan fingerprint density at radius 2 is 1.98 bits per heavy atom. The van der Waals surface area contributed by atoms with Gasteiger partial charge in [-0.1, -0.05) is 23.7 Å². The van der Waals surface area contributed by atoms with Crippen LogP contribution in [0.25, 0.3) is 11.4 Å². The van der Waals surface area contributed by atoms with Gasteiger partial charge in [0.2, 0.25) is 11.7 Å². The predicted molar refractivity (Wildman–Crippen MR) is 172 cm³/mol. The first-order valence-electron chi connectivity index (χ1n) is 16.4. The molecule has 2 amide bonds. The van der Waals surface area contributed by atoms with E-state index in [0.717, 1.165) is 23.3 Å². The van der Waals surface area contributed by atoms with Gasteiger partial charge in [-0.3, -0.25) is 9.59 Å². The number of halogens is 1. The molecule has 4 heterocycles. The van der Waals surface area contributed by atoms with Crippen LogP contribution in [0.1, 0.15) is 93.8 Å². The summed E-state index contributed by atoms with van der Waals surface area (Å²) < 4.78 is 14.4. The number of carbonyl (C=O) groups is 2. The molecule has 0 bridgehead atoms. The van der Waals surface area contributed by atoms with Gasteiger partial charge in [-0.25, -0.2) is 4.79 Å². The van der Waals surface area contributed by atoms with Gasteiger partial charge in [0, 0.05) is 35.7 Å². The average molecular weight is 647 g/mol. The third-order valence-electron chi connectivity index (χ3n) is 10.3. The fraction of sp³-hybridized carbons (Fsp3) is 0.559. The number of carbonyl (C=O) groups excluding carboxylic acids is 2. The van der Waals surface area contributed by atoms with Crippen LogP contribution in [0, 0.1) is 5.92 Å². The molecule has 2 aliphatic heterocycles. The molecule has 3 aromatic rings. The smallest absolute Gasteiger partial charge is 0.410 e. The number of hydrogen-bond donors (Lipinski definition) is 1. The monoisotopic (exact) mass is 646 g/mol. The Balaban J connectivity index is 1.16. The molecule has 1 N–H and O–H groups in total. The Labute approximate surface area is 271 Å². The lowest BCUT2D eigenvalue weighted by Crippen LogP contribution is -2.49. The van der Waals surface area contributed by atoms with Crippen LogP contribution in [0.5, 0.6) is 0 Å². The van der Waals surface area contributed by atoms with Crippen molar-refractivity contribution >= 4 is 40.6 Å². The van der Waals surface area contributed by atoms with Crippen molar-refractivity contribution in [2.75, 3.05) is 31.6 Å². The molecule has 2 atom stereocenters. The van der Waals surface area contributed by atoms with Gasteiger partial charge < -0.3 is 24.3 Å². The van der Waals surface area contributed by atoms with Gasteiger partial charge in [-0.2, -0.15) is 9.50 Å². The number of nitrogens with one attached hydrogen (secondary N) is 1. The second-order valence-electron chi connectivity index (χ2n) is 14.5. The molecule has 5 aliphatic rings. The van der Waals surface area contributed by atoms with E-state index < -0.39 is 11.0 Å². The number of amides is 2. The summed E-state index contributed by atoms with van der Waals surface area (Å²) in [6.45, 7) is 7.59. The van der Waals surface area contributed by atoms with Crippen LogP contribution in [0.15, 0.2) is 29.1 Å². The Bertz CT molecular complexity index is 1860. The molecule has 1 spiro atoms. The van der Waals surface area contributed by atoms with Crippen molar-refractivity contribution in [1.82, 2.24) is 24.1 Å². The van der Waals surface area contributed by atoms with Gasteiger partial charge in [0.15, 0.2) is 5.82 Å². The highest BCUT2D eigenvalue weighted by Gasteiger charge is 2.64. The molecule has 2 aromatic heterocycles. The van der Waals surface area contributed by atoms with Crippen molar-refractivity contribution in [3.63, 3.8) is 0 Å². The molecule has 2 unspecified atom stereocenters. The van der Waals surface area contributed by atoms with Crippen LogP contribution in [-0.2, 0) is 26.2 Å². The highest BCUT2D eigenvalue weighted by atomic mass is 35.5. The van der Waals surface area contributed by atoms with Crippen molar-refractivity contribution in [2.45, 2.75) is 88.7 Å². The Hall–Kier alpha value is -3.70. The van der Waals surface area contributed by atoms with Crippen molar-refractivity contribution in [1.29, 1.82) is 0 Å². The van der Waals surface area contributed by atoms with E-state index in [1.165, 1.54) is 22.9 Å². The molecule has 242 valence electrons. The van der Waals surface area contributed by atoms with Crippen molar-refractivity contribution in [2.24, 2.45) is 5.92 Å². The molecule has 46 heavy (non-hydrogen) atoms. The lowest BCUT2D eigenvalue weighted by atomic mass is 9.71. The van der Waals surface area contributed by atoms with Crippen molar-refractivity contribution in [3.8, 4) is 0 Å². The van der Waals surface area contributed by atoms with E-state index in [0.29, 0.717) is 73.8 Å². The maximum atomic E-state index is 14.4. The fourth-order valence-electron chi connectivity index (χ4n) is 7.91. The van der Waals surface area contributed by atoms with Crippen LogP contribution in [0.2, 0.25) is 5.02 Å². The quantitative estimate of drug-likeness (QED) is 0.402. The van der Waals surface area contributed by atoms with Gasteiger partial charge in [0.25, 0.3) is 5.56 Å². The minimum atomic E-state index is -0.581. The number of rotatable bonds is 5. The van der Waals surface area contributed by atoms with E-state index in [1.807, 2.05) is 49.6 Å². The Kier molecular flexibility index (Phi) is 6.88. The predicted octanol–water partition coefficient (Wildman–Crippen LogP) is 5.25. The van der Waals surface area contributed by atoms with E-state index in [-0.39, 0.29) is 35.9 Å². The molecule has 3 aliphatic carbocycles. The largest absolute Gasteiger partial charge is 0.444 e. The lowest BCUT2D eigenvalue weighted by molar-refractivity contribution is -0.116. The molecule has 2 saturated carbocycles. The van der Waals surface area contributed by atoms with E-state index in [4.69, 9.17) is 31.2 Å². The highest BCUT2D eigenvalue weighted by molar-refractivity contribution is 6.33. The third kappa shape index (κ3) is 5.02. The topological polar surface area (TPSA) is 120 Å². The van der Waals surface area contributed by atoms with Gasteiger partial charge in [-0.15, -0.1) is 5.10 Å². The molecular weight excluding hydrogens is 608 g/mol. The molecule has 12 heteroatoms. The Morgan fingerprint density at radius 3 is 2.65 bits per heavy atom. The van der Waals surface area contributed by atoms with Crippen LogP contribution < -0.4 is 10.9 Å². The summed E-state index contributed by atoms with van der Waals surface area (Å²) in [5, 5.41) is 8.25. The second-order valence-corrected chi connectivity index (χ2v) is 14.9. The zero-order valence-corrected chi connectivity index (χ0v) is 27.2. The normalized spacial score (nSPS) is 23.2. The second kappa shape index (κ2) is 10.7. The molecule has 0 radical (unpaired) electrons. The molecule has 1 saturated heterocycles. The minimum Gasteiger partial charge on any atom is -0.444 e. The number of likely N-dealkylation sites (tertiary alicyclic amines) is 1. The van der Waals surface area contributed by atoms with Crippen LogP contribution in [0.4, 0.5) is 10.5 Å². The summed E-state index contributed by atoms with van der Waals surface area (Å²) in [6, 6.07) is 5.85. The van der Waals surface area contributed by atoms with E-state index in [1.54, 1.807) is 4.90 Å². The Morgan fingerprint density at radius 1 is 1.20 bits per heavy atom. The lowest BCUT2D eigenvalue weighted by Gasteiger charge is -2.41. The number of nitrogens with zero attached hydrogens (tertiary/aromatic N) is 5. The van der Waals surface area contributed by atoms with Crippen molar-refractivity contribution in [3.05, 3.63) is 62.3 Å². The summed E-state index contributed by atoms with van der Waals surface area (Å²) in [6.07, 6.45) is 6.86. The van der Waals surface area contributed by atoms with Crippen molar-refractivity contribution < 1.29 is 19.1 Å². The number of aromatic nitrogens is 4. The molecular formula is C34H39ClN6O5. The fourth-order valence-corrected chi connectivity index (χ4v) is 8.15. The minimum absolute atomic E-state index is 0.0313.